The number of benzene rings is 1. The van der Waals surface area contributed by atoms with Gasteiger partial charge in [0.15, 0.2) is 0 Å². The van der Waals surface area contributed by atoms with E-state index in [4.69, 9.17) is 0 Å². The summed E-state index contributed by atoms with van der Waals surface area (Å²) in [6.45, 7) is 6.67. The van der Waals surface area contributed by atoms with E-state index in [1.807, 2.05) is 7.05 Å². The SMILES string of the molecule is CCC(CC)N(C)c1ccc(C(C)NC)c(Br)c1. The average molecular weight is 313 g/mol. The van der Waals surface area contributed by atoms with Gasteiger partial charge < -0.3 is 10.2 Å². The molecule has 0 fully saturated rings. The molecule has 0 aliphatic carbocycles. The lowest BCUT2D eigenvalue weighted by Crippen LogP contribution is -2.30. The van der Waals surface area contributed by atoms with Crippen LogP contribution in [0.5, 0.6) is 0 Å². The zero-order valence-corrected chi connectivity index (χ0v) is 13.7. The van der Waals surface area contributed by atoms with E-state index in [1.165, 1.54) is 28.6 Å². The normalized spacial score (nSPS) is 12.8. The van der Waals surface area contributed by atoms with E-state index in [0.717, 1.165) is 0 Å². The van der Waals surface area contributed by atoms with Crippen molar-refractivity contribution in [2.24, 2.45) is 0 Å². The number of nitrogens with zero attached hydrogens (tertiary/aromatic N) is 1. The second kappa shape index (κ2) is 7.15. The Morgan fingerprint density at radius 3 is 2.33 bits per heavy atom. The Morgan fingerprint density at radius 1 is 1.28 bits per heavy atom. The Hall–Kier alpha value is -0.540. The van der Waals surface area contributed by atoms with Gasteiger partial charge in [-0.05, 0) is 44.5 Å². The maximum Gasteiger partial charge on any atom is 0.0377 e. The monoisotopic (exact) mass is 312 g/mol. The van der Waals surface area contributed by atoms with Crippen molar-refractivity contribution in [3.63, 3.8) is 0 Å². The van der Waals surface area contributed by atoms with Crippen LogP contribution in [0.4, 0.5) is 5.69 Å². The Bertz CT molecular complexity index is 375. The summed E-state index contributed by atoms with van der Waals surface area (Å²) in [4.78, 5) is 2.37. The van der Waals surface area contributed by atoms with Gasteiger partial charge in [0.25, 0.3) is 0 Å². The van der Waals surface area contributed by atoms with E-state index in [2.05, 4.69) is 72.2 Å². The molecule has 0 spiro atoms. The molecule has 102 valence electrons. The second-order valence-electron chi connectivity index (χ2n) is 4.80. The largest absolute Gasteiger partial charge is 0.372 e. The minimum Gasteiger partial charge on any atom is -0.372 e. The first-order valence-electron chi connectivity index (χ1n) is 6.74. The van der Waals surface area contributed by atoms with Crippen LogP contribution >= 0.6 is 15.9 Å². The highest BCUT2D eigenvalue weighted by molar-refractivity contribution is 9.10. The van der Waals surface area contributed by atoms with E-state index in [1.54, 1.807) is 0 Å². The lowest BCUT2D eigenvalue weighted by Gasteiger charge is -2.29. The van der Waals surface area contributed by atoms with Crippen molar-refractivity contribution in [1.29, 1.82) is 0 Å². The first-order chi connectivity index (χ1) is 8.54. The van der Waals surface area contributed by atoms with Crippen molar-refractivity contribution in [3.8, 4) is 0 Å². The molecule has 2 nitrogen and oxygen atoms in total. The van der Waals surface area contributed by atoms with Crippen molar-refractivity contribution in [2.45, 2.75) is 45.7 Å². The van der Waals surface area contributed by atoms with Gasteiger partial charge in [-0.25, -0.2) is 0 Å². The van der Waals surface area contributed by atoms with E-state index in [-0.39, 0.29) is 0 Å². The molecule has 0 heterocycles. The highest BCUT2D eigenvalue weighted by Gasteiger charge is 2.13. The quantitative estimate of drug-likeness (QED) is 0.840. The maximum absolute atomic E-state index is 3.68. The molecule has 0 aliphatic rings. The van der Waals surface area contributed by atoms with Crippen molar-refractivity contribution < 1.29 is 0 Å². The fourth-order valence-electron chi connectivity index (χ4n) is 2.29. The van der Waals surface area contributed by atoms with Gasteiger partial charge in [-0.1, -0.05) is 35.8 Å². The second-order valence-corrected chi connectivity index (χ2v) is 5.65. The van der Waals surface area contributed by atoms with Gasteiger partial charge in [0, 0.05) is 29.3 Å². The van der Waals surface area contributed by atoms with Gasteiger partial charge in [0.1, 0.15) is 0 Å². The highest BCUT2D eigenvalue weighted by atomic mass is 79.9. The minimum absolute atomic E-state index is 0.367. The molecule has 0 amide bonds. The third-order valence-electron chi connectivity index (χ3n) is 3.78. The molecule has 0 aromatic heterocycles. The van der Waals surface area contributed by atoms with Crippen LogP contribution in [0.15, 0.2) is 22.7 Å². The molecule has 1 N–H and O–H groups in total. The number of hydrogen-bond acceptors (Lipinski definition) is 2. The zero-order valence-electron chi connectivity index (χ0n) is 12.1. The van der Waals surface area contributed by atoms with Crippen LogP contribution in [0.3, 0.4) is 0 Å². The van der Waals surface area contributed by atoms with Crippen LogP contribution in [0.25, 0.3) is 0 Å². The minimum atomic E-state index is 0.367. The summed E-state index contributed by atoms with van der Waals surface area (Å²) >= 11 is 3.68. The molecule has 3 heteroatoms. The van der Waals surface area contributed by atoms with Crippen LogP contribution in [0.2, 0.25) is 0 Å². The lowest BCUT2D eigenvalue weighted by molar-refractivity contribution is 0.591. The molecule has 0 bridgehead atoms. The number of rotatable bonds is 6. The summed E-state index contributed by atoms with van der Waals surface area (Å²) < 4.78 is 1.18. The van der Waals surface area contributed by atoms with E-state index in [9.17, 15) is 0 Å². The maximum atomic E-state index is 3.68. The van der Waals surface area contributed by atoms with Crippen molar-refractivity contribution in [2.75, 3.05) is 19.0 Å². The van der Waals surface area contributed by atoms with Crippen molar-refractivity contribution >= 4 is 21.6 Å². The zero-order chi connectivity index (χ0) is 13.7. The third-order valence-corrected chi connectivity index (χ3v) is 4.47. The predicted molar refractivity (Wildman–Crippen MR) is 84.4 cm³/mol. The molecule has 1 rings (SSSR count). The topological polar surface area (TPSA) is 15.3 Å². The molecular weight excluding hydrogens is 288 g/mol. The third kappa shape index (κ3) is 3.48. The first kappa shape index (κ1) is 15.5. The van der Waals surface area contributed by atoms with Gasteiger partial charge in [-0.15, -0.1) is 0 Å². The molecule has 0 radical (unpaired) electrons. The fraction of sp³-hybridized carbons (Fsp3) is 0.600. The molecule has 1 aromatic rings. The number of nitrogens with one attached hydrogen (secondary N) is 1. The summed E-state index contributed by atoms with van der Waals surface area (Å²) in [6, 6.07) is 7.63. The Kier molecular flexibility index (Phi) is 6.16. The summed E-state index contributed by atoms with van der Waals surface area (Å²) in [5.41, 5.74) is 2.59. The Morgan fingerprint density at radius 2 is 1.89 bits per heavy atom. The number of halogens is 1. The predicted octanol–water partition coefficient (Wildman–Crippen LogP) is 4.35. The lowest BCUT2D eigenvalue weighted by atomic mass is 10.1. The van der Waals surface area contributed by atoms with Gasteiger partial charge in [0.2, 0.25) is 0 Å². The van der Waals surface area contributed by atoms with Crippen LogP contribution in [-0.2, 0) is 0 Å². The van der Waals surface area contributed by atoms with E-state index in [0.29, 0.717) is 12.1 Å². The molecule has 0 saturated carbocycles. The standard InChI is InChI=1S/C15H25BrN2/c1-6-12(7-2)18(5)13-8-9-14(11(3)17-4)15(16)10-13/h8-12,17H,6-7H2,1-5H3. The summed E-state index contributed by atoms with van der Waals surface area (Å²) in [7, 11) is 4.17. The first-order valence-corrected chi connectivity index (χ1v) is 7.53. The molecule has 0 saturated heterocycles. The van der Waals surface area contributed by atoms with Gasteiger partial charge in [0.05, 0.1) is 0 Å². The summed E-state index contributed by atoms with van der Waals surface area (Å²) in [6.07, 6.45) is 2.36. The molecule has 18 heavy (non-hydrogen) atoms. The van der Waals surface area contributed by atoms with E-state index < -0.39 is 0 Å². The molecule has 0 aliphatic heterocycles. The molecule has 1 unspecified atom stereocenters. The van der Waals surface area contributed by atoms with Crippen LogP contribution < -0.4 is 10.2 Å². The Balaban J connectivity index is 2.96. The van der Waals surface area contributed by atoms with Crippen LogP contribution in [0, 0.1) is 0 Å². The summed E-state index contributed by atoms with van der Waals surface area (Å²) in [5.74, 6) is 0. The molecule has 1 atom stereocenters. The number of hydrogen-bond donors (Lipinski definition) is 1. The highest BCUT2D eigenvalue weighted by Crippen LogP contribution is 2.29. The fourth-order valence-corrected chi connectivity index (χ4v) is 3.00. The Labute approximate surface area is 120 Å². The molecular formula is C15H25BrN2. The smallest absolute Gasteiger partial charge is 0.0377 e. The summed E-state index contributed by atoms with van der Waals surface area (Å²) in [5, 5.41) is 3.27. The number of anilines is 1. The van der Waals surface area contributed by atoms with Crippen molar-refractivity contribution in [3.05, 3.63) is 28.2 Å². The van der Waals surface area contributed by atoms with Crippen molar-refractivity contribution in [1.82, 2.24) is 5.32 Å². The van der Waals surface area contributed by atoms with E-state index >= 15 is 0 Å². The van der Waals surface area contributed by atoms with Crippen LogP contribution in [-0.4, -0.2) is 20.1 Å². The molecule has 1 aromatic carbocycles. The van der Waals surface area contributed by atoms with Gasteiger partial charge in [-0.2, -0.15) is 0 Å². The van der Waals surface area contributed by atoms with Crippen LogP contribution in [0.1, 0.15) is 45.2 Å². The van der Waals surface area contributed by atoms with Gasteiger partial charge >= 0.3 is 0 Å². The average Bonchev–Trinajstić information content (AvgIpc) is 2.39. The van der Waals surface area contributed by atoms with Gasteiger partial charge in [-0.3, -0.25) is 0 Å².